The fraction of sp³-hybridized carbons (Fsp3) is 0.538. The summed E-state index contributed by atoms with van der Waals surface area (Å²) in [6.45, 7) is 2.19. The molecule has 1 nitrogen and oxygen atoms in total. The van der Waals surface area contributed by atoms with Crippen molar-refractivity contribution < 1.29 is 5.11 Å². The second-order valence-electron chi connectivity index (χ2n) is 4.77. The van der Waals surface area contributed by atoms with Gasteiger partial charge in [0.2, 0.25) is 0 Å². The zero-order valence-corrected chi connectivity index (χ0v) is 8.64. The van der Waals surface area contributed by atoms with Crippen LogP contribution in [-0.2, 0) is 18.4 Å². The normalized spacial score (nSPS) is 22.1. The molecule has 1 aromatic carbocycles. The van der Waals surface area contributed by atoms with E-state index in [0.29, 0.717) is 0 Å². The van der Waals surface area contributed by atoms with Crippen LogP contribution in [0.2, 0.25) is 0 Å². The average molecular weight is 188 g/mol. The Morgan fingerprint density at radius 1 is 1.14 bits per heavy atom. The lowest BCUT2D eigenvalue weighted by Crippen LogP contribution is -2.08. The Kier molecular flexibility index (Phi) is 1.58. The highest BCUT2D eigenvalue weighted by atomic mass is 16.3. The molecule has 74 valence electrons. The van der Waals surface area contributed by atoms with Crippen molar-refractivity contribution >= 4 is 0 Å². The van der Waals surface area contributed by atoms with Crippen LogP contribution in [0.5, 0.6) is 0 Å². The van der Waals surface area contributed by atoms with Crippen molar-refractivity contribution in [2.45, 2.75) is 44.6 Å². The molecule has 0 atom stereocenters. The second-order valence-corrected chi connectivity index (χ2v) is 4.77. The van der Waals surface area contributed by atoms with Crippen molar-refractivity contribution in [3.63, 3.8) is 0 Å². The number of rotatable bonds is 1. The molecule has 0 unspecified atom stereocenters. The molecule has 2 aliphatic rings. The monoisotopic (exact) mass is 188 g/mol. The lowest BCUT2D eigenvalue weighted by molar-refractivity contribution is 0.150. The number of hydrogen-bond donors (Lipinski definition) is 1. The molecule has 0 spiro atoms. The molecule has 0 amide bonds. The Morgan fingerprint density at radius 2 is 1.86 bits per heavy atom. The molecule has 0 bridgehead atoms. The van der Waals surface area contributed by atoms with Gasteiger partial charge in [0.1, 0.15) is 0 Å². The van der Waals surface area contributed by atoms with Crippen LogP contribution < -0.4 is 0 Å². The molecule has 1 heteroatoms. The van der Waals surface area contributed by atoms with Gasteiger partial charge in [0.15, 0.2) is 0 Å². The molecule has 1 saturated carbocycles. The van der Waals surface area contributed by atoms with E-state index in [9.17, 15) is 5.11 Å². The summed E-state index contributed by atoms with van der Waals surface area (Å²) in [6, 6.07) is 4.32. The van der Waals surface area contributed by atoms with Gasteiger partial charge in [0.05, 0.1) is 5.60 Å². The zero-order chi connectivity index (χ0) is 9.76. The van der Waals surface area contributed by atoms with E-state index in [1.54, 1.807) is 0 Å². The van der Waals surface area contributed by atoms with Gasteiger partial charge in [-0.15, -0.1) is 0 Å². The highest BCUT2D eigenvalue weighted by molar-refractivity contribution is 5.47. The highest BCUT2D eigenvalue weighted by Crippen LogP contribution is 2.48. The molecule has 1 fully saturated rings. The fourth-order valence-corrected chi connectivity index (χ4v) is 2.71. The smallest absolute Gasteiger partial charge is 0.0901 e. The SMILES string of the molecule is Cc1ccc(C2(O)CC2)c2c1CCC2. The van der Waals surface area contributed by atoms with Crippen molar-refractivity contribution in [2.24, 2.45) is 0 Å². The van der Waals surface area contributed by atoms with Crippen LogP contribution in [0.3, 0.4) is 0 Å². The van der Waals surface area contributed by atoms with Crippen molar-refractivity contribution in [3.05, 3.63) is 34.4 Å². The van der Waals surface area contributed by atoms with Crippen LogP contribution >= 0.6 is 0 Å². The maximum absolute atomic E-state index is 10.2. The molecule has 14 heavy (non-hydrogen) atoms. The first-order chi connectivity index (χ1) is 6.71. The third kappa shape index (κ3) is 1.05. The van der Waals surface area contributed by atoms with Crippen LogP contribution in [0.1, 0.15) is 41.5 Å². The van der Waals surface area contributed by atoms with Crippen LogP contribution in [0.4, 0.5) is 0 Å². The Bertz CT molecular complexity index is 388. The Hall–Kier alpha value is -0.820. The van der Waals surface area contributed by atoms with E-state index in [1.807, 2.05) is 0 Å². The topological polar surface area (TPSA) is 20.2 Å². The summed E-state index contributed by atoms with van der Waals surface area (Å²) in [4.78, 5) is 0. The van der Waals surface area contributed by atoms with Crippen molar-refractivity contribution in [2.75, 3.05) is 0 Å². The quantitative estimate of drug-likeness (QED) is 0.717. The first-order valence-electron chi connectivity index (χ1n) is 5.55. The molecule has 0 radical (unpaired) electrons. The second kappa shape index (κ2) is 2.60. The summed E-state index contributed by atoms with van der Waals surface area (Å²) in [5.41, 5.74) is 5.18. The first kappa shape index (κ1) is 8.49. The zero-order valence-electron chi connectivity index (χ0n) is 8.64. The third-order valence-corrected chi connectivity index (χ3v) is 3.74. The summed E-state index contributed by atoms with van der Waals surface area (Å²) in [5.74, 6) is 0. The number of aliphatic hydroxyl groups is 1. The maximum atomic E-state index is 10.2. The minimum Gasteiger partial charge on any atom is -0.385 e. The van der Waals surface area contributed by atoms with Gasteiger partial charge >= 0.3 is 0 Å². The predicted octanol–water partition coefficient (Wildman–Crippen LogP) is 2.47. The molecule has 0 saturated heterocycles. The van der Waals surface area contributed by atoms with E-state index in [1.165, 1.54) is 41.5 Å². The van der Waals surface area contributed by atoms with Gasteiger partial charge in [-0.1, -0.05) is 12.1 Å². The average Bonchev–Trinajstić information content (AvgIpc) is 2.74. The van der Waals surface area contributed by atoms with Gasteiger partial charge in [0.25, 0.3) is 0 Å². The summed E-state index contributed by atoms with van der Waals surface area (Å²) >= 11 is 0. The molecule has 0 heterocycles. The molecule has 0 aliphatic heterocycles. The highest BCUT2D eigenvalue weighted by Gasteiger charge is 2.44. The van der Waals surface area contributed by atoms with Crippen molar-refractivity contribution in [1.82, 2.24) is 0 Å². The fourth-order valence-electron chi connectivity index (χ4n) is 2.71. The van der Waals surface area contributed by atoms with Gasteiger partial charge in [-0.3, -0.25) is 0 Å². The minimum absolute atomic E-state index is 0.442. The molecule has 1 aromatic rings. The van der Waals surface area contributed by atoms with Gasteiger partial charge in [-0.25, -0.2) is 0 Å². The number of hydrogen-bond acceptors (Lipinski definition) is 1. The molecule has 3 rings (SSSR count). The van der Waals surface area contributed by atoms with Gasteiger partial charge in [0, 0.05) is 0 Å². The summed E-state index contributed by atoms with van der Waals surface area (Å²) < 4.78 is 0. The van der Waals surface area contributed by atoms with Gasteiger partial charge in [-0.05, 0) is 61.3 Å². The lowest BCUT2D eigenvalue weighted by atomic mass is 9.94. The summed E-state index contributed by atoms with van der Waals surface area (Å²) in [5, 5.41) is 10.2. The van der Waals surface area contributed by atoms with Crippen LogP contribution in [0.25, 0.3) is 0 Å². The van der Waals surface area contributed by atoms with Crippen molar-refractivity contribution in [3.8, 4) is 0 Å². The largest absolute Gasteiger partial charge is 0.385 e. The number of benzene rings is 1. The van der Waals surface area contributed by atoms with E-state index in [2.05, 4.69) is 19.1 Å². The van der Waals surface area contributed by atoms with E-state index < -0.39 is 5.60 Å². The molecular weight excluding hydrogens is 172 g/mol. The van der Waals surface area contributed by atoms with Crippen LogP contribution in [0, 0.1) is 6.92 Å². The summed E-state index contributed by atoms with van der Waals surface area (Å²) in [6.07, 6.45) is 5.58. The molecule has 2 aliphatic carbocycles. The maximum Gasteiger partial charge on any atom is 0.0901 e. The molecular formula is C13H16O. The minimum atomic E-state index is -0.442. The Balaban J connectivity index is 2.18. The van der Waals surface area contributed by atoms with E-state index in [4.69, 9.17) is 0 Å². The van der Waals surface area contributed by atoms with Gasteiger partial charge in [-0.2, -0.15) is 0 Å². The predicted molar refractivity (Wildman–Crippen MR) is 56.3 cm³/mol. The van der Waals surface area contributed by atoms with Crippen molar-refractivity contribution in [1.29, 1.82) is 0 Å². The lowest BCUT2D eigenvalue weighted by Gasteiger charge is -2.15. The Morgan fingerprint density at radius 3 is 2.57 bits per heavy atom. The van der Waals surface area contributed by atoms with Gasteiger partial charge < -0.3 is 5.11 Å². The Labute approximate surface area is 84.8 Å². The van der Waals surface area contributed by atoms with Crippen LogP contribution in [0.15, 0.2) is 12.1 Å². The first-order valence-corrected chi connectivity index (χ1v) is 5.55. The van der Waals surface area contributed by atoms with Crippen LogP contribution in [-0.4, -0.2) is 5.11 Å². The third-order valence-electron chi connectivity index (χ3n) is 3.74. The molecule has 0 aromatic heterocycles. The van der Waals surface area contributed by atoms with E-state index in [0.717, 1.165) is 12.8 Å². The number of aryl methyl sites for hydroxylation is 1. The molecule has 1 N–H and O–H groups in total. The van der Waals surface area contributed by atoms with E-state index >= 15 is 0 Å². The summed E-state index contributed by atoms with van der Waals surface area (Å²) in [7, 11) is 0. The standard InChI is InChI=1S/C13H16O/c1-9-5-6-12(13(14)7-8-13)11-4-2-3-10(9)11/h5-6,14H,2-4,7-8H2,1H3. The number of fused-ring (bicyclic) bond motifs is 1. The van der Waals surface area contributed by atoms with E-state index in [-0.39, 0.29) is 0 Å².